The second-order valence-electron chi connectivity index (χ2n) is 6.27. The van der Waals surface area contributed by atoms with Crippen LogP contribution >= 0.6 is 0 Å². The molecule has 0 bridgehead atoms. The van der Waals surface area contributed by atoms with Gasteiger partial charge in [0.2, 0.25) is 0 Å². The van der Waals surface area contributed by atoms with Crippen molar-refractivity contribution in [1.82, 2.24) is 4.98 Å². The van der Waals surface area contributed by atoms with Crippen LogP contribution in [-0.4, -0.2) is 12.1 Å². The molecule has 144 valence electrons. The molecule has 29 heavy (non-hydrogen) atoms. The zero-order chi connectivity index (χ0) is 21.0. The molecule has 0 saturated heterocycles. The first-order valence-corrected chi connectivity index (χ1v) is 8.72. The molecule has 0 saturated carbocycles. The summed E-state index contributed by atoms with van der Waals surface area (Å²) < 4.78 is 11.5. The Labute approximate surface area is 167 Å². The standard InChI is InChI=1S/C22H18N4O3/c1-13-6-3-4-7-14(13)12-29-20-15(8-5-9-18(20)28-2)19-16(10-23)21(25)26-22(27)17(19)11-24/h3-9H,12H2,1-2H3,(H3,25,26,27). The smallest absolute Gasteiger partial charge is 0.268 e. The number of nitriles is 2. The first kappa shape index (κ1) is 19.5. The maximum atomic E-state index is 12.3. The quantitative estimate of drug-likeness (QED) is 0.693. The van der Waals surface area contributed by atoms with E-state index in [-0.39, 0.29) is 29.1 Å². The van der Waals surface area contributed by atoms with Gasteiger partial charge in [-0.25, -0.2) is 0 Å². The highest BCUT2D eigenvalue weighted by atomic mass is 16.5. The zero-order valence-electron chi connectivity index (χ0n) is 15.9. The van der Waals surface area contributed by atoms with Gasteiger partial charge in [-0.2, -0.15) is 10.5 Å². The third-order valence-electron chi connectivity index (χ3n) is 4.57. The van der Waals surface area contributed by atoms with Gasteiger partial charge >= 0.3 is 0 Å². The third kappa shape index (κ3) is 3.62. The van der Waals surface area contributed by atoms with Crippen LogP contribution in [0.25, 0.3) is 11.1 Å². The Morgan fingerprint density at radius 3 is 2.45 bits per heavy atom. The van der Waals surface area contributed by atoms with Crippen LogP contribution in [0, 0.1) is 29.6 Å². The minimum absolute atomic E-state index is 0.00450. The van der Waals surface area contributed by atoms with Crippen LogP contribution in [0.5, 0.6) is 11.5 Å². The predicted octanol–water partition coefficient (Wildman–Crippen LogP) is 3.26. The summed E-state index contributed by atoms with van der Waals surface area (Å²) in [6, 6.07) is 16.6. The second-order valence-corrected chi connectivity index (χ2v) is 6.27. The lowest BCUT2D eigenvalue weighted by atomic mass is 9.95. The highest BCUT2D eigenvalue weighted by molar-refractivity contribution is 5.85. The van der Waals surface area contributed by atoms with E-state index in [9.17, 15) is 15.3 Å². The molecule has 0 aliphatic heterocycles. The maximum Gasteiger partial charge on any atom is 0.268 e. The number of nitrogens with two attached hydrogens (primary N) is 1. The van der Waals surface area contributed by atoms with Crippen LogP contribution in [0.1, 0.15) is 22.3 Å². The molecule has 0 atom stereocenters. The van der Waals surface area contributed by atoms with E-state index in [4.69, 9.17) is 15.2 Å². The SMILES string of the molecule is COc1cccc(-c2c(C#N)c(N)[nH]c(=O)c2C#N)c1OCc1ccccc1C. The largest absolute Gasteiger partial charge is 0.493 e. The fourth-order valence-corrected chi connectivity index (χ4v) is 3.06. The Kier molecular flexibility index (Phi) is 5.52. The topological polar surface area (TPSA) is 125 Å². The highest BCUT2D eigenvalue weighted by Gasteiger charge is 2.23. The lowest BCUT2D eigenvalue weighted by molar-refractivity contribution is 0.285. The van der Waals surface area contributed by atoms with Crippen LogP contribution in [0.2, 0.25) is 0 Å². The van der Waals surface area contributed by atoms with E-state index in [1.54, 1.807) is 18.2 Å². The van der Waals surface area contributed by atoms with Gasteiger partial charge in [0.05, 0.1) is 7.11 Å². The van der Waals surface area contributed by atoms with Gasteiger partial charge in [-0.1, -0.05) is 36.4 Å². The minimum atomic E-state index is -0.674. The van der Waals surface area contributed by atoms with Crippen molar-refractivity contribution in [2.45, 2.75) is 13.5 Å². The fourth-order valence-electron chi connectivity index (χ4n) is 3.06. The van der Waals surface area contributed by atoms with Crippen molar-refractivity contribution in [2.75, 3.05) is 12.8 Å². The number of methoxy groups -OCH3 is 1. The summed E-state index contributed by atoms with van der Waals surface area (Å²) in [5.74, 6) is 0.609. The number of H-pyrrole nitrogens is 1. The molecule has 0 aliphatic carbocycles. The van der Waals surface area contributed by atoms with E-state index < -0.39 is 5.56 Å². The number of aromatic amines is 1. The number of rotatable bonds is 5. The summed E-state index contributed by atoms with van der Waals surface area (Å²) in [4.78, 5) is 14.6. The van der Waals surface area contributed by atoms with E-state index in [0.29, 0.717) is 17.1 Å². The number of ether oxygens (including phenoxy) is 2. The van der Waals surface area contributed by atoms with Gasteiger partial charge in [-0.3, -0.25) is 4.79 Å². The van der Waals surface area contributed by atoms with Crippen LogP contribution in [0.4, 0.5) is 5.82 Å². The van der Waals surface area contributed by atoms with Gasteiger partial charge in [-0.05, 0) is 24.1 Å². The van der Waals surface area contributed by atoms with Crippen molar-refractivity contribution < 1.29 is 9.47 Å². The van der Waals surface area contributed by atoms with Crippen molar-refractivity contribution in [3.63, 3.8) is 0 Å². The number of pyridine rings is 1. The summed E-state index contributed by atoms with van der Waals surface area (Å²) >= 11 is 0. The predicted molar refractivity (Wildman–Crippen MR) is 108 cm³/mol. The molecular weight excluding hydrogens is 368 g/mol. The zero-order valence-corrected chi connectivity index (χ0v) is 15.9. The van der Waals surface area contributed by atoms with Gasteiger partial charge in [0, 0.05) is 11.1 Å². The lowest BCUT2D eigenvalue weighted by Crippen LogP contribution is -2.16. The molecule has 0 spiro atoms. The van der Waals surface area contributed by atoms with E-state index in [2.05, 4.69) is 4.98 Å². The molecule has 0 radical (unpaired) electrons. The molecule has 1 aromatic heterocycles. The van der Waals surface area contributed by atoms with E-state index in [1.165, 1.54) is 7.11 Å². The summed E-state index contributed by atoms with van der Waals surface area (Å²) in [6.45, 7) is 2.21. The Morgan fingerprint density at radius 1 is 1.07 bits per heavy atom. The van der Waals surface area contributed by atoms with Gasteiger partial charge in [0.25, 0.3) is 5.56 Å². The molecule has 7 nitrogen and oxygen atoms in total. The number of hydrogen-bond acceptors (Lipinski definition) is 6. The van der Waals surface area contributed by atoms with Crippen molar-refractivity contribution in [3.8, 4) is 34.8 Å². The number of nitrogens with one attached hydrogen (secondary N) is 1. The van der Waals surface area contributed by atoms with Crippen molar-refractivity contribution in [1.29, 1.82) is 10.5 Å². The maximum absolute atomic E-state index is 12.3. The molecular formula is C22H18N4O3. The number of anilines is 1. The van der Waals surface area contributed by atoms with Crippen LogP contribution in [-0.2, 0) is 6.61 Å². The number of benzene rings is 2. The summed E-state index contributed by atoms with van der Waals surface area (Å²) in [6.07, 6.45) is 0. The Balaban J connectivity index is 2.23. The molecule has 1 heterocycles. The van der Waals surface area contributed by atoms with E-state index >= 15 is 0 Å². The second kappa shape index (κ2) is 8.20. The molecule has 2 aromatic carbocycles. The Bertz CT molecular complexity index is 1220. The van der Waals surface area contributed by atoms with E-state index in [0.717, 1.165) is 11.1 Å². The fraction of sp³-hybridized carbons (Fsp3) is 0.136. The molecule has 0 aliphatic rings. The first-order chi connectivity index (χ1) is 14.0. The summed E-state index contributed by atoms with van der Waals surface area (Å²) in [5, 5.41) is 19.1. The number of aromatic nitrogens is 1. The number of para-hydroxylation sites is 1. The number of nitrogens with zero attached hydrogens (tertiary/aromatic N) is 2. The first-order valence-electron chi connectivity index (χ1n) is 8.72. The van der Waals surface area contributed by atoms with Gasteiger partial charge in [-0.15, -0.1) is 0 Å². The van der Waals surface area contributed by atoms with E-state index in [1.807, 2.05) is 43.3 Å². The molecule has 3 rings (SSSR count). The van der Waals surface area contributed by atoms with Crippen molar-refractivity contribution in [2.24, 2.45) is 0 Å². The van der Waals surface area contributed by atoms with Gasteiger partial charge < -0.3 is 20.2 Å². The summed E-state index contributed by atoms with van der Waals surface area (Å²) in [7, 11) is 1.49. The monoisotopic (exact) mass is 386 g/mol. The normalized spacial score (nSPS) is 10.1. The molecule has 3 aromatic rings. The van der Waals surface area contributed by atoms with Crippen LogP contribution < -0.4 is 20.8 Å². The minimum Gasteiger partial charge on any atom is -0.493 e. The molecule has 0 fully saturated rings. The number of hydrogen-bond donors (Lipinski definition) is 2. The average Bonchev–Trinajstić information content (AvgIpc) is 2.72. The van der Waals surface area contributed by atoms with Crippen molar-refractivity contribution in [3.05, 3.63) is 75.1 Å². The molecule has 0 unspecified atom stereocenters. The highest BCUT2D eigenvalue weighted by Crippen LogP contribution is 2.41. The van der Waals surface area contributed by atoms with Gasteiger partial charge in [0.15, 0.2) is 11.5 Å². The molecule has 3 N–H and O–H groups in total. The van der Waals surface area contributed by atoms with Crippen molar-refractivity contribution >= 4 is 5.82 Å². The Morgan fingerprint density at radius 2 is 1.79 bits per heavy atom. The van der Waals surface area contributed by atoms with Gasteiger partial charge in [0.1, 0.15) is 35.7 Å². The lowest BCUT2D eigenvalue weighted by Gasteiger charge is -2.17. The molecule has 0 amide bonds. The Hall–Kier alpha value is -4.23. The van der Waals surface area contributed by atoms with Crippen LogP contribution in [0.15, 0.2) is 47.3 Å². The molecule has 7 heteroatoms. The third-order valence-corrected chi connectivity index (χ3v) is 4.57. The number of aryl methyl sites for hydroxylation is 1. The van der Waals surface area contributed by atoms with Crippen LogP contribution in [0.3, 0.4) is 0 Å². The summed E-state index contributed by atoms with van der Waals surface area (Å²) in [5.41, 5.74) is 7.47. The average molecular weight is 386 g/mol. The number of nitrogen functional groups attached to an aromatic ring is 1.